The molecule has 0 aromatic carbocycles. The first-order valence-corrected chi connectivity index (χ1v) is 6.65. The Kier molecular flexibility index (Phi) is 8.32. The fourth-order valence-electron chi connectivity index (χ4n) is 2.25. The molecule has 0 heterocycles. The summed E-state index contributed by atoms with van der Waals surface area (Å²) < 4.78 is 0. The van der Waals surface area contributed by atoms with Gasteiger partial charge in [-0.05, 0) is 17.8 Å². The van der Waals surface area contributed by atoms with Gasteiger partial charge in [-0.2, -0.15) is 0 Å². The number of hydrogen-bond donors (Lipinski definition) is 0. The minimum atomic E-state index is 0.927. The largest absolute Gasteiger partial charge is 0.0654 e. The Bertz CT molecular complexity index is 117. The Balaban J connectivity index is 3.73. The maximum Gasteiger partial charge on any atom is -0.0391 e. The lowest BCUT2D eigenvalue weighted by molar-refractivity contribution is 0.284. The predicted octanol–water partition coefficient (Wildman–Crippen LogP) is 5.28. The van der Waals surface area contributed by atoms with E-state index in [1.54, 1.807) is 0 Å². The lowest BCUT2D eigenvalue weighted by atomic mass is 9.83. The summed E-state index contributed by atoms with van der Waals surface area (Å²) in [5, 5.41) is 0. The van der Waals surface area contributed by atoms with Gasteiger partial charge in [0, 0.05) is 0 Å². The van der Waals surface area contributed by atoms with Gasteiger partial charge in [0.1, 0.15) is 0 Å². The average molecular weight is 198 g/mol. The molecule has 14 heavy (non-hydrogen) atoms. The molecule has 0 saturated heterocycles. The molecule has 3 unspecified atom stereocenters. The van der Waals surface area contributed by atoms with Gasteiger partial charge in [0.15, 0.2) is 0 Å². The van der Waals surface area contributed by atoms with Gasteiger partial charge < -0.3 is 0 Å². The number of hydrogen-bond acceptors (Lipinski definition) is 0. The van der Waals surface area contributed by atoms with E-state index in [1.807, 2.05) is 0 Å². The smallest absolute Gasteiger partial charge is 0.0391 e. The maximum atomic E-state index is 2.45. The van der Waals surface area contributed by atoms with Crippen LogP contribution in [0.3, 0.4) is 0 Å². The van der Waals surface area contributed by atoms with E-state index in [-0.39, 0.29) is 0 Å². The number of rotatable bonds is 8. The van der Waals surface area contributed by atoms with Crippen molar-refractivity contribution in [1.29, 1.82) is 0 Å². The Hall–Kier alpha value is 0. The van der Waals surface area contributed by atoms with Crippen LogP contribution in [-0.4, -0.2) is 0 Å². The van der Waals surface area contributed by atoms with E-state index in [4.69, 9.17) is 0 Å². The first-order chi connectivity index (χ1) is 6.65. The molecular weight excluding hydrogens is 168 g/mol. The van der Waals surface area contributed by atoms with Gasteiger partial charge in [0.25, 0.3) is 0 Å². The molecule has 0 aliphatic carbocycles. The lowest BCUT2D eigenvalue weighted by Gasteiger charge is -2.23. The van der Waals surface area contributed by atoms with Gasteiger partial charge in [-0.3, -0.25) is 0 Å². The summed E-state index contributed by atoms with van der Waals surface area (Å²) >= 11 is 0. The minimum absolute atomic E-state index is 0.927. The van der Waals surface area contributed by atoms with Crippen LogP contribution in [0.1, 0.15) is 73.1 Å². The predicted molar refractivity (Wildman–Crippen MR) is 66.5 cm³/mol. The second-order valence-electron chi connectivity index (χ2n) is 5.03. The zero-order chi connectivity index (χ0) is 11.0. The van der Waals surface area contributed by atoms with Crippen LogP contribution in [-0.2, 0) is 0 Å². The van der Waals surface area contributed by atoms with Crippen molar-refractivity contribution in [3.63, 3.8) is 0 Å². The highest BCUT2D eigenvalue weighted by Crippen LogP contribution is 2.26. The van der Waals surface area contributed by atoms with Crippen LogP contribution in [0.4, 0.5) is 0 Å². The third-order valence-electron chi connectivity index (χ3n) is 3.80. The quantitative estimate of drug-likeness (QED) is 0.498. The zero-order valence-electron chi connectivity index (χ0n) is 11.0. The van der Waals surface area contributed by atoms with Gasteiger partial charge in [-0.1, -0.05) is 73.1 Å². The fourth-order valence-corrected chi connectivity index (χ4v) is 2.25. The van der Waals surface area contributed by atoms with Crippen molar-refractivity contribution < 1.29 is 0 Å². The Morgan fingerprint density at radius 1 is 0.786 bits per heavy atom. The van der Waals surface area contributed by atoms with Crippen LogP contribution >= 0.6 is 0 Å². The Morgan fingerprint density at radius 2 is 1.43 bits per heavy atom. The van der Waals surface area contributed by atoms with Crippen LogP contribution < -0.4 is 0 Å². The molecule has 0 nitrogen and oxygen atoms in total. The van der Waals surface area contributed by atoms with E-state index < -0.39 is 0 Å². The summed E-state index contributed by atoms with van der Waals surface area (Å²) in [7, 11) is 0. The van der Waals surface area contributed by atoms with E-state index >= 15 is 0 Å². The van der Waals surface area contributed by atoms with E-state index in [9.17, 15) is 0 Å². The fraction of sp³-hybridized carbons (Fsp3) is 1.00. The van der Waals surface area contributed by atoms with Crippen LogP contribution in [0.15, 0.2) is 0 Å². The van der Waals surface area contributed by atoms with Crippen LogP contribution in [0.2, 0.25) is 0 Å². The van der Waals surface area contributed by atoms with Crippen LogP contribution in [0.25, 0.3) is 0 Å². The molecular formula is C14H30. The van der Waals surface area contributed by atoms with Gasteiger partial charge in [-0.15, -0.1) is 0 Å². The molecule has 0 aromatic rings. The molecule has 0 N–H and O–H groups in total. The Labute approximate surface area is 91.5 Å². The molecule has 86 valence electrons. The molecule has 0 amide bonds. The average Bonchev–Trinajstić information content (AvgIpc) is 2.21. The van der Waals surface area contributed by atoms with Crippen LogP contribution in [0.5, 0.6) is 0 Å². The minimum Gasteiger partial charge on any atom is -0.0654 e. The third-order valence-corrected chi connectivity index (χ3v) is 3.80. The molecule has 0 aliphatic rings. The van der Waals surface area contributed by atoms with Crippen molar-refractivity contribution >= 4 is 0 Å². The summed E-state index contributed by atoms with van der Waals surface area (Å²) in [5.41, 5.74) is 0. The summed E-state index contributed by atoms with van der Waals surface area (Å²) in [6.45, 7) is 11.8. The highest BCUT2D eigenvalue weighted by Gasteiger charge is 2.14. The van der Waals surface area contributed by atoms with Crippen molar-refractivity contribution in [2.45, 2.75) is 73.1 Å². The normalized spacial score (nSPS) is 17.8. The molecule has 3 atom stereocenters. The molecule has 0 fully saturated rings. The summed E-state index contributed by atoms with van der Waals surface area (Å²) in [6, 6.07) is 0. The first-order valence-electron chi connectivity index (χ1n) is 6.65. The van der Waals surface area contributed by atoms with Gasteiger partial charge in [0.05, 0.1) is 0 Å². The molecule has 0 heteroatoms. The van der Waals surface area contributed by atoms with Gasteiger partial charge >= 0.3 is 0 Å². The van der Waals surface area contributed by atoms with Crippen molar-refractivity contribution in [2.75, 3.05) is 0 Å². The van der Waals surface area contributed by atoms with Gasteiger partial charge in [0.2, 0.25) is 0 Å². The molecule has 0 bridgehead atoms. The van der Waals surface area contributed by atoms with E-state index in [0.29, 0.717) is 0 Å². The summed E-state index contributed by atoms with van der Waals surface area (Å²) in [5.74, 6) is 2.84. The van der Waals surface area contributed by atoms with Crippen molar-refractivity contribution in [2.24, 2.45) is 17.8 Å². The summed E-state index contributed by atoms with van der Waals surface area (Å²) in [6.07, 6.45) is 8.36. The second kappa shape index (κ2) is 8.32. The molecule has 0 spiro atoms. The molecule has 0 saturated carbocycles. The highest BCUT2D eigenvalue weighted by molar-refractivity contribution is 4.66. The lowest BCUT2D eigenvalue weighted by Crippen LogP contribution is -2.11. The molecule has 0 aromatic heterocycles. The second-order valence-corrected chi connectivity index (χ2v) is 5.03. The van der Waals surface area contributed by atoms with Crippen molar-refractivity contribution in [1.82, 2.24) is 0 Å². The third kappa shape index (κ3) is 5.67. The highest BCUT2D eigenvalue weighted by atomic mass is 14.2. The maximum absolute atomic E-state index is 2.45. The van der Waals surface area contributed by atoms with Crippen molar-refractivity contribution in [3.8, 4) is 0 Å². The zero-order valence-corrected chi connectivity index (χ0v) is 11.0. The Morgan fingerprint density at radius 3 is 1.86 bits per heavy atom. The van der Waals surface area contributed by atoms with Gasteiger partial charge in [-0.25, -0.2) is 0 Å². The standard InChI is InChI=1S/C14H30/c1-6-9-14(8-3)13(5)11-10-12(4)7-2/h12-14H,6-11H2,1-5H3. The molecule has 0 radical (unpaired) electrons. The van der Waals surface area contributed by atoms with E-state index in [0.717, 1.165) is 17.8 Å². The van der Waals surface area contributed by atoms with Crippen molar-refractivity contribution in [3.05, 3.63) is 0 Å². The molecule has 0 rings (SSSR count). The SMILES string of the molecule is CCCC(CC)C(C)CCC(C)CC. The topological polar surface area (TPSA) is 0 Å². The van der Waals surface area contributed by atoms with Crippen LogP contribution in [0, 0.1) is 17.8 Å². The summed E-state index contributed by atoms with van der Waals surface area (Å²) in [4.78, 5) is 0. The first kappa shape index (κ1) is 14.0. The molecule has 0 aliphatic heterocycles. The van der Waals surface area contributed by atoms with E-state index in [2.05, 4.69) is 34.6 Å². The van der Waals surface area contributed by atoms with E-state index in [1.165, 1.54) is 38.5 Å². The monoisotopic (exact) mass is 198 g/mol.